The lowest BCUT2D eigenvalue weighted by Crippen LogP contribution is -2.56. The van der Waals surface area contributed by atoms with E-state index >= 15 is 0 Å². The molecule has 2 atom stereocenters. The van der Waals surface area contributed by atoms with Crippen LogP contribution in [0.15, 0.2) is 61.1 Å². The molecular formula is C37H43N11O3. The number of anilines is 2. The highest BCUT2D eigenvalue weighted by molar-refractivity contribution is 6.01. The van der Waals surface area contributed by atoms with E-state index in [1.807, 2.05) is 62.2 Å². The van der Waals surface area contributed by atoms with Crippen LogP contribution in [-0.4, -0.2) is 115 Å². The van der Waals surface area contributed by atoms with Gasteiger partial charge >= 0.3 is 0 Å². The molecule has 7 heterocycles. The Morgan fingerprint density at radius 2 is 1.80 bits per heavy atom. The fourth-order valence-corrected chi connectivity index (χ4v) is 7.72. The van der Waals surface area contributed by atoms with Gasteiger partial charge in [0.25, 0.3) is 0 Å². The standard InChI is InChI=1S/C37H43N11O3/c1-24(2)51-31-12-7-27(19-38-31)33-34-29(41-42-33)10-11-30(40-34)48-16-14-37(36(48)50)13-15-45(22-37)21-32(49)47-18-17-46(20-25(47)3)28-8-5-26(6-9-28)35-39-23-44(4)43-35/h5-12,19,23-25H,13-18,20-22H2,1-4H3,(H,41,42)/t25?,37-/m0/s1. The molecule has 4 aromatic heterocycles. The molecule has 0 radical (unpaired) electrons. The van der Waals surface area contributed by atoms with Gasteiger partial charge in [-0.05, 0) is 82.6 Å². The highest BCUT2D eigenvalue weighted by atomic mass is 16.5. The number of pyridine rings is 2. The van der Waals surface area contributed by atoms with Gasteiger partial charge in [0.2, 0.25) is 17.7 Å². The zero-order chi connectivity index (χ0) is 35.3. The van der Waals surface area contributed by atoms with Crippen LogP contribution in [0.2, 0.25) is 0 Å². The molecule has 1 spiro atoms. The smallest absolute Gasteiger partial charge is 0.237 e. The molecule has 14 heteroatoms. The van der Waals surface area contributed by atoms with Crippen LogP contribution in [0.5, 0.6) is 5.88 Å². The molecule has 0 aliphatic carbocycles. The van der Waals surface area contributed by atoms with Crippen molar-refractivity contribution in [2.75, 3.05) is 55.6 Å². The van der Waals surface area contributed by atoms with Crippen LogP contribution in [0.3, 0.4) is 0 Å². The van der Waals surface area contributed by atoms with Crippen LogP contribution in [-0.2, 0) is 16.6 Å². The number of H-pyrrole nitrogens is 1. The van der Waals surface area contributed by atoms with Crippen molar-refractivity contribution in [1.82, 2.24) is 44.7 Å². The molecule has 264 valence electrons. The molecule has 8 rings (SSSR count). The second-order valence-corrected chi connectivity index (χ2v) is 14.3. The Hall–Kier alpha value is -5.37. The summed E-state index contributed by atoms with van der Waals surface area (Å²) in [6.07, 6.45) is 4.93. The van der Waals surface area contributed by atoms with E-state index in [4.69, 9.17) is 9.72 Å². The zero-order valence-corrected chi connectivity index (χ0v) is 29.5. The average molecular weight is 690 g/mol. The van der Waals surface area contributed by atoms with Crippen molar-refractivity contribution in [3.05, 3.63) is 61.1 Å². The largest absolute Gasteiger partial charge is 0.475 e. The number of amides is 2. The number of aromatic nitrogens is 7. The lowest BCUT2D eigenvalue weighted by molar-refractivity contribution is -0.135. The third-order valence-electron chi connectivity index (χ3n) is 10.4. The number of carbonyl (C=O) groups excluding carboxylic acids is 2. The quantitative estimate of drug-likeness (QED) is 0.256. The van der Waals surface area contributed by atoms with Gasteiger partial charge in [0, 0.05) is 74.9 Å². The minimum absolute atomic E-state index is 0.0324. The number of hydrogen-bond donors (Lipinski definition) is 1. The first-order valence-electron chi connectivity index (χ1n) is 17.7. The number of benzene rings is 1. The predicted octanol–water partition coefficient (Wildman–Crippen LogP) is 3.77. The molecular weight excluding hydrogens is 646 g/mol. The number of aryl methyl sites for hydroxylation is 1. The van der Waals surface area contributed by atoms with Crippen LogP contribution in [0.4, 0.5) is 11.5 Å². The number of nitrogens with zero attached hydrogens (tertiary/aromatic N) is 10. The summed E-state index contributed by atoms with van der Waals surface area (Å²) in [5.74, 6) is 2.08. The van der Waals surface area contributed by atoms with Crippen LogP contribution in [0, 0.1) is 5.41 Å². The van der Waals surface area contributed by atoms with Crippen molar-refractivity contribution >= 4 is 34.4 Å². The van der Waals surface area contributed by atoms with E-state index in [9.17, 15) is 9.59 Å². The number of carbonyl (C=O) groups is 2. The van der Waals surface area contributed by atoms with Crippen molar-refractivity contribution in [2.24, 2.45) is 12.5 Å². The topological polar surface area (TPSA) is 142 Å². The first kappa shape index (κ1) is 32.8. The normalized spacial score (nSPS) is 21.2. The highest BCUT2D eigenvalue weighted by Crippen LogP contribution is 2.42. The Morgan fingerprint density at radius 3 is 2.53 bits per heavy atom. The van der Waals surface area contributed by atoms with Gasteiger partial charge in [-0.15, -0.1) is 0 Å². The number of fused-ring (bicyclic) bond motifs is 1. The fourth-order valence-electron chi connectivity index (χ4n) is 7.72. The van der Waals surface area contributed by atoms with E-state index in [0.29, 0.717) is 54.9 Å². The van der Waals surface area contributed by atoms with Gasteiger partial charge in [-0.2, -0.15) is 10.2 Å². The minimum atomic E-state index is -0.506. The SMILES string of the molecule is CC(C)Oc1ccc(-c2n[nH]c3ccc(N4CC[C@]5(CCN(CC(=O)N6CCN(c7ccc(-c8ncn(C)n8)cc7)CC6C)C5)C4=O)nc23)cn1. The summed E-state index contributed by atoms with van der Waals surface area (Å²) in [6, 6.07) is 15.9. The Kier molecular flexibility index (Phi) is 8.41. The number of aromatic amines is 1. The maximum absolute atomic E-state index is 14.0. The first-order chi connectivity index (χ1) is 24.7. The molecule has 1 unspecified atom stereocenters. The number of nitrogens with one attached hydrogen (secondary N) is 1. The summed E-state index contributed by atoms with van der Waals surface area (Å²) in [5.41, 5.74) is 4.56. The summed E-state index contributed by atoms with van der Waals surface area (Å²) >= 11 is 0. The zero-order valence-electron chi connectivity index (χ0n) is 29.5. The summed E-state index contributed by atoms with van der Waals surface area (Å²) in [6.45, 7) is 10.4. The van der Waals surface area contributed by atoms with Gasteiger partial charge in [0.1, 0.15) is 23.4 Å². The highest BCUT2D eigenvalue weighted by Gasteiger charge is 2.51. The molecule has 3 aliphatic heterocycles. The Morgan fingerprint density at radius 1 is 1.00 bits per heavy atom. The molecule has 1 N–H and O–H groups in total. The van der Waals surface area contributed by atoms with E-state index in [1.165, 1.54) is 0 Å². The maximum Gasteiger partial charge on any atom is 0.237 e. The maximum atomic E-state index is 14.0. The van der Waals surface area contributed by atoms with E-state index in [1.54, 1.807) is 22.1 Å². The van der Waals surface area contributed by atoms with Crippen molar-refractivity contribution in [3.63, 3.8) is 0 Å². The molecule has 1 aromatic carbocycles. The molecule has 14 nitrogen and oxygen atoms in total. The Balaban J connectivity index is 0.884. The third-order valence-corrected chi connectivity index (χ3v) is 10.4. The average Bonchev–Trinajstić information content (AvgIpc) is 3.92. The molecule has 5 aromatic rings. The summed E-state index contributed by atoms with van der Waals surface area (Å²) in [5, 5.41) is 12.0. The lowest BCUT2D eigenvalue weighted by Gasteiger charge is -2.41. The monoisotopic (exact) mass is 689 g/mol. The van der Waals surface area contributed by atoms with Gasteiger partial charge in [-0.3, -0.25) is 29.2 Å². The lowest BCUT2D eigenvalue weighted by atomic mass is 9.85. The van der Waals surface area contributed by atoms with Gasteiger partial charge in [0.05, 0.1) is 23.6 Å². The van der Waals surface area contributed by atoms with Crippen molar-refractivity contribution in [3.8, 4) is 28.5 Å². The predicted molar refractivity (Wildman–Crippen MR) is 193 cm³/mol. The Labute approximate surface area is 296 Å². The Bertz CT molecular complexity index is 2060. The van der Waals surface area contributed by atoms with Crippen molar-refractivity contribution in [2.45, 2.75) is 45.8 Å². The van der Waals surface area contributed by atoms with Crippen LogP contribution < -0.4 is 14.5 Å². The van der Waals surface area contributed by atoms with Crippen LogP contribution >= 0.6 is 0 Å². The van der Waals surface area contributed by atoms with Crippen LogP contribution in [0.1, 0.15) is 33.6 Å². The second kappa shape index (κ2) is 13.1. The van der Waals surface area contributed by atoms with E-state index < -0.39 is 5.41 Å². The number of piperazine rings is 1. The molecule has 0 bridgehead atoms. The minimum Gasteiger partial charge on any atom is -0.475 e. The van der Waals surface area contributed by atoms with Gasteiger partial charge < -0.3 is 14.5 Å². The molecule has 0 saturated carbocycles. The summed E-state index contributed by atoms with van der Waals surface area (Å²) < 4.78 is 7.38. The van der Waals surface area contributed by atoms with Crippen LogP contribution in [0.25, 0.3) is 33.7 Å². The first-order valence-corrected chi connectivity index (χ1v) is 17.7. The van der Waals surface area contributed by atoms with Gasteiger partial charge in [-0.1, -0.05) is 0 Å². The van der Waals surface area contributed by atoms with E-state index in [-0.39, 0.29) is 24.0 Å². The second-order valence-electron chi connectivity index (χ2n) is 14.3. The van der Waals surface area contributed by atoms with E-state index in [0.717, 1.165) is 54.8 Å². The molecule has 51 heavy (non-hydrogen) atoms. The molecule has 3 fully saturated rings. The molecule has 3 saturated heterocycles. The number of rotatable bonds is 8. The number of hydrogen-bond acceptors (Lipinski definition) is 10. The van der Waals surface area contributed by atoms with E-state index in [2.05, 4.69) is 54.1 Å². The number of ether oxygens (including phenoxy) is 1. The molecule has 3 aliphatic rings. The van der Waals surface area contributed by atoms with Crippen molar-refractivity contribution < 1.29 is 14.3 Å². The van der Waals surface area contributed by atoms with Gasteiger partial charge in [0.15, 0.2) is 5.82 Å². The fraction of sp³-hybridized carbons (Fsp3) is 0.432. The van der Waals surface area contributed by atoms with Crippen molar-refractivity contribution in [1.29, 1.82) is 0 Å². The number of likely N-dealkylation sites (tertiary alicyclic amines) is 1. The van der Waals surface area contributed by atoms with Gasteiger partial charge in [-0.25, -0.2) is 15.0 Å². The third kappa shape index (κ3) is 6.28. The molecule has 2 amide bonds. The summed E-state index contributed by atoms with van der Waals surface area (Å²) in [7, 11) is 1.86. The summed E-state index contributed by atoms with van der Waals surface area (Å²) in [4.78, 5) is 49.7.